The molecule has 0 fully saturated rings. The second-order valence-corrected chi connectivity index (χ2v) is 4.91. The second kappa shape index (κ2) is 7.53. The molecular weight excluding hydrogens is 258 g/mol. The molecule has 0 radical (unpaired) electrons. The third kappa shape index (κ3) is 4.57. The zero-order valence-electron chi connectivity index (χ0n) is 12.3. The van der Waals surface area contributed by atoms with E-state index in [0.717, 1.165) is 0 Å². The van der Waals surface area contributed by atoms with Gasteiger partial charge in [-0.25, -0.2) is 4.79 Å². The highest BCUT2D eigenvalue weighted by Gasteiger charge is 2.23. The first-order valence-electron chi connectivity index (χ1n) is 6.50. The Bertz CT molecular complexity index is 453. The van der Waals surface area contributed by atoms with Crippen molar-refractivity contribution in [2.75, 3.05) is 14.2 Å². The van der Waals surface area contributed by atoms with Crippen molar-refractivity contribution < 1.29 is 19.1 Å². The Labute approximate surface area is 119 Å². The van der Waals surface area contributed by atoms with Gasteiger partial charge in [0.15, 0.2) is 0 Å². The summed E-state index contributed by atoms with van der Waals surface area (Å²) in [5, 5.41) is 2.70. The van der Waals surface area contributed by atoms with Crippen LogP contribution in [0, 0.1) is 5.92 Å². The standard InChI is InChI=1S/C15H21NO4/c1-10(2)9-13(15(18)20-4)16-14(17)11-5-7-12(19-3)8-6-11/h5-8,10,13H,9H2,1-4H3,(H,16,17). The number of hydrogen-bond acceptors (Lipinski definition) is 4. The minimum Gasteiger partial charge on any atom is -0.497 e. The molecular formula is C15H21NO4. The topological polar surface area (TPSA) is 64.6 Å². The van der Waals surface area contributed by atoms with Crippen molar-refractivity contribution in [1.29, 1.82) is 0 Å². The van der Waals surface area contributed by atoms with E-state index in [9.17, 15) is 9.59 Å². The number of esters is 1. The fourth-order valence-corrected chi connectivity index (χ4v) is 1.81. The van der Waals surface area contributed by atoms with E-state index in [-0.39, 0.29) is 11.8 Å². The molecule has 0 aliphatic carbocycles. The molecule has 5 nitrogen and oxygen atoms in total. The van der Waals surface area contributed by atoms with E-state index in [1.807, 2.05) is 13.8 Å². The number of carbonyl (C=O) groups excluding carboxylic acids is 2. The first-order chi connectivity index (χ1) is 9.47. The highest BCUT2D eigenvalue weighted by molar-refractivity contribution is 5.96. The summed E-state index contributed by atoms with van der Waals surface area (Å²) in [5.41, 5.74) is 0.475. The molecule has 5 heteroatoms. The SMILES string of the molecule is COC(=O)C(CC(C)C)NC(=O)c1ccc(OC)cc1. The van der Waals surface area contributed by atoms with Crippen molar-refractivity contribution in [3.63, 3.8) is 0 Å². The molecule has 1 unspecified atom stereocenters. The van der Waals surface area contributed by atoms with Crippen LogP contribution in [0.5, 0.6) is 5.75 Å². The molecule has 0 aromatic heterocycles. The van der Waals surface area contributed by atoms with Crippen molar-refractivity contribution in [2.45, 2.75) is 26.3 Å². The number of rotatable bonds is 6. The summed E-state index contributed by atoms with van der Waals surface area (Å²) in [4.78, 5) is 23.8. The van der Waals surface area contributed by atoms with Gasteiger partial charge in [0, 0.05) is 5.56 Å². The molecule has 1 amide bonds. The van der Waals surface area contributed by atoms with Crippen LogP contribution in [0.3, 0.4) is 0 Å². The second-order valence-electron chi connectivity index (χ2n) is 4.91. The molecule has 20 heavy (non-hydrogen) atoms. The minimum atomic E-state index is -0.630. The highest BCUT2D eigenvalue weighted by Crippen LogP contribution is 2.12. The third-order valence-corrected chi connectivity index (χ3v) is 2.85. The zero-order chi connectivity index (χ0) is 15.1. The molecule has 0 saturated heterocycles. The molecule has 0 spiro atoms. The van der Waals surface area contributed by atoms with E-state index in [1.54, 1.807) is 31.4 Å². The predicted molar refractivity (Wildman–Crippen MR) is 75.7 cm³/mol. The maximum atomic E-state index is 12.1. The summed E-state index contributed by atoms with van der Waals surface area (Å²) >= 11 is 0. The van der Waals surface area contributed by atoms with Crippen LogP contribution in [0.15, 0.2) is 24.3 Å². The van der Waals surface area contributed by atoms with Gasteiger partial charge in [-0.3, -0.25) is 4.79 Å². The van der Waals surface area contributed by atoms with Gasteiger partial charge in [0.05, 0.1) is 14.2 Å². The van der Waals surface area contributed by atoms with E-state index in [2.05, 4.69) is 5.32 Å². The zero-order valence-corrected chi connectivity index (χ0v) is 12.3. The Kier molecular flexibility index (Phi) is 6.03. The van der Waals surface area contributed by atoms with Gasteiger partial charge in [-0.05, 0) is 36.6 Å². The number of amides is 1. The number of carbonyl (C=O) groups is 2. The Morgan fingerprint density at radius 1 is 1.15 bits per heavy atom. The van der Waals surface area contributed by atoms with Crippen LogP contribution in [0.2, 0.25) is 0 Å². The van der Waals surface area contributed by atoms with Crippen LogP contribution in [0.4, 0.5) is 0 Å². The van der Waals surface area contributed by atoms with E-state index < -0.39 is 12.0 Å². The van der Waals surface area contributed by atoms with Crippen molar-refractivity contribution in [2.24, 2.45) is 5.92 Å². The molecule has 1 aromatic carbocycles. The smallest absolute Gasteiger partial charge is 0.328 e. The van der Waals surface area contributed by atoms with Crippen molar-refractivity contribution >= 4 is 11.9 Å². The van der Waals surface area contributed by atoms with E-state index in [0.29, 0.717) is 17.7 Å². The lowest BCUT2D eigenvalue weighted by atomic mass is 10.0. The van der Waals surface area contributed by atoms with E-state index in [1.165, 1.54) is 7.11 Å². The van der Waals surface area contributed by atoms with Gasteiger partial charge in [-0.2, -0.15) is 0 Å². The molecule has 1 aromatic rings. The summed E-state index contributed by atoms with van der Waals surface area (Å²) in [5.74, 6) is 0.216. The number of ether oxygens (including phenoxy) is 2. The van der Waals surface area contributed by atoms with Crippen LogP contribution in [0.1, 0.15) is 30.6 Å². The lowest BCUT2D eigenvalue weighted by molar-refractivity contribution is -0.143. The van der Waals surface area contributed by atoms with Gasteiger partial charge >= 0.3 is 5.97 Å². The largest absolute Gasteiger partial charge is 0.497 e. The molecule has 0 aliphatic heterocycles. The number of nitrogens with one attached hydrogen (secondary N) is 1. The third-order valence-electron chi connectivity index (χ3n) is 2.85. The van der Waals surface area contributed by atoms with Gasteiger partial charge in [-0.15, -0.1) is 0 Å². The van der Waals surface area contributed by atoms with Crippen molar-refractivity contribution in [3.05, 3.63) is 29.8 Å². The molecule has 0 heterocycles. The van der Waals surface area contributed by atoms with E-state index >= 15 is 0 Å². The van der Waals surface area contributed by atoms with Crippen LogP contribution >= 0.6 is 0 Å². The van der Waals surface area contributed by atoms with Crippen LogP contribution in [-0.4, -0.2) is 32.1 Å². The van der Waals surface area contributed by atoms with Gasteiger partial charge in [0.2, 0.25) is 0 Å². The molecule has 0 saturated carbocycles. The van der Waals surface area contributed by atoms with Crippen molar-refractivity contribution in [1.82, 2.24) is 5.32 Å². The molecule has 1 rings (SSSR count). The fourth-order valence-electron chi connectivity index (χ4n) is 1.81. The van der Waals surface area contributed by atoms with Crippen LogP contribution < -0.4 is 10.1 Å². The van der Waals surface area contributed by atoms with Gasteiger partial charge in [0.1, 0.15) is 11.8 Å². The first kappa shape index (κ1) is 16.0. The van der Waals surface area contributed by atoms with Gasteiger partial charge in [-0.1, -0.05) is 13.8 Å². The molecule has 110 valence electrons. The first-order valence-corrected chi connectivity index (χ1v) is 6.50. The van der Waals surface area contributed by atoms with Crippen LogP contribution in [0.25, 0.3) is 0 Å². The maximum Gasteiger partial charge on any atom is 0.328 e. The summed E-state index contributed by atoms with van der Waals surface area (Å²) in [7, 11) is 2.88. The average Bonchev–Trinajstić information content (AvgIpc) is 2.45. The monoisotopic (exact) mass is 279 g/mol. The lowest BCUT2D eigenvalue weighted by Crippen LogP contribution is -2.42. The lowest BCUT2D eigenvalue weighted by Gasteiger charge is -2.18. The Balaban J connectivity index is 2.76. The Hall–Kier alpha value is -2.04. The summed E-state index contributed by atoms with van der Waals surface area (Å²) < 4.78 is 9.75. The summed E-state index contributed by atoms with van der Waals surface area (Å²) in [6.45, 7) is 3.96. The predicted octanol–water partition coefficient (Wildman–Crippen LogP) is 2.01. The Morgan fingerprint density at radius 3 is 2.20 bits per heavy atom. The summed E-state index contributed by atoms with van der Waals surface area (Å²) in [6, 6.07) is 6.07. The van der Waals surface area contributed by atoms with Gasteiger partial charge in [0.25, 0.3) is 5.91 Å². The fraction of sp³-hybridized carbons (Fsp3) is 0.467. The number of methoxy groups -OCH3 is 2. The highest BCUT2D eigenvalue weighted by atomic mass is 16.5. The normalized spacial score (nSPS) is 11.8. The number of benzene rings is 1. The number of hydrogen-bond donors (Lipinski definition) is 1. The van der Waals surface area contributed by atoms with Gasteiger partial charge < -0.3 is 14.8 Å². The average molecular weight is 279 g/mol. The molecule has 0 aliphatic rings. The quantitative estimate of drug-likeness (QED) is 0.809. The summed E-state index contributed by atoms with van der Waals surface area (Å²) in [6.07, 6.45) is 0.536. The Morgan fingerprint density at radius 2 is 1.75 bits per heavy atom. The maximum absolute atomic E-state index is 12.1. The van der Waals surface area contributed by atoms with Crippen molar-refractivity contribution in [3.8, 4) is 5.75 Å². The molecule has 0 bridgehead atoms. The van der Waals surface area contributed by atoms with Crippen LogP contribution in [-0.2, 0) is 9.53 Å². The molecule has 1 N–H and O–H groups in total. The molecule has 1 atom stereocenters. The van der Waals surface area contributed by atoms with E-state index in [4.69, 9.17) is 9.47 Å². The minimum absolute atomic E-state index is 0.273.